The molecule has 0 aromatic heterocycles. The molecular weight excluding hydrogens is 220 g/mol. The summed E-state index contributed by atoms with van der Waals surface area (Å²) in [6.07, 6.45) is 1.15. The Balaban J connectivity index is 2.56. The molecule has 1 aromatic rings. The summed E-state index contributed by atoms with van der Waals surface area (Å²) in [4.78, 5) is 21.7. The average molecular weight is 227 g/mol. The molecule has 0 amide bonds. The molecule has 0 unspecified atom stereocenters. The molecular formula is C10H7ClO2S. The highest BCUT2D eigenvalue weighted by atomic mass is 35.5. The van der Waals surface area contributed by atoms with Gasteiger partial charge in [-0.2, -0.15) is 0 Å². The van der Waals surface area contributed by atoms with Crippen LogP contribution < -0.4 is 0 Å². The van der Waals surface area contributed by atoms with Gasteiger partial charge in [-0.05, 0) is 17.0 Å². The maximum atomic E-state index is 11.4. The second-order valence-corrected chi connectivity index (χ2v) is 3.63. The Morgan fingerprint density at radius 2 is 1.86 bits per heavy atom. The average Bonchev–Trinajstić information content (AvgIpc) is 2.18. The first-order valence-electron chi connectivity index (χ1n) is 3.82. The van der Waals surface area contributed by atoms with Crippen molar-refractivity contribution in [1.29, 1.82) is 0 Å². The van der Waals surface area contributed by atoms with E-state index < -0.39 is 5.24 Å². The normalized spacial score (nSPS) is 10.4. The number of carbonyl (C=O) groups is 2. The smallest absolute Gasteiger partial charge is 0.245 e. The molecule has 1 aromatic carbocycles. The van der Waals surface area contributed by atoms with Gasteiger partial charge in [0.15, 0.2) is 0 Å². The number of thioether (sulfide) groups is 1. The van der Waals surface area contributed by atoms with Crippen LogP contribution in [0.5, 0.6) is 0 Å². The van der Waals surface area contributed by atoms with E-state index in [2.05, 4.69) is 0 Å². The number of carbonyl (C=O) groups excluding carboxylic acids is 2. The Morgan fingerprint density at radius 3 is 2.43 bits per heavy atom. The monoisotopic (exact) mass is 226 g/mol. The van der Waals surface area contributed by atoms with Crippen molar-refractivity contribution in [3.05, 3.63) is 47.4 Å². The summed E-state index contributed by atoms with van der Waals surface area (Å²) in [6.45, 7) is 0. The van der Waals surface area contributed by atoms with Crippen LogP contribution in [-0.4, -0.2) is 10.4 Å². The number of halogens is 1. The minimum absolute atomic E-state index is 0.111. The van der Waals surface area contributed by atoms with Crippen LogP contribution >= 0.6 is 23.4 Å². The van der Waals surface area contributed by atoms with Crippen LogP contribution in [-0.2, 0) is 4.79 Å². The summed E-state index contributed by atoms with van der Waals surface area (Å²) in [7, 11) is 0. The molecule has 0 N–H and O–H groups in total. The highest BCUT2D eigenvalue weighted by Gasteiger charge is 2.02. The number of allylic oxidation sites excluding steroid dienone is 1. The van der Waals surface area contributed by atoms with Gasteiger partial charge >= 0.3 is 0 Å². The van der Waals surface area contributed by atoms with Crippen molar-refractivity contribution in [2.24, 2.45) is 0 Å². The van der Waals surface area contributed by atoms with Crippen LogP contribution in [0.2, 0.25) is 0 Å². The molecule has 0 spiro atoms. The molecule has 0 aliphatic carbocycles. The SMILES string of the molecule is O=C(Cl)/C=C/SC(=O)c1ccccc1. The Hall–Kier alpha value is -1.06. The summed E-state index contributed by atoms with van der Waals surface area (Å²) in [5.41, 5.74) is 0.601. The fourth-order valence-electron chi connectivity index (χ4n) is 0.792. The number of benzene rings is 1. The lowest BCUT2D eigenvalue weighted by atomic mass is 10.2. The maximum Gasteiger partial charge on any atom is 0.245 e. The fraction of sp³-hybridized carbons (Fsp3) is 0. The van der Waals surface area contributed by atoms with Gasteiger partial charge in [-0.15, -0.1) is 0 Å². The van der Waals surface area contributed by atoms with Crippen molar-refractivity contribution in [3.63, 3.8) is 0 Å². The van der Waals surface area contributed by atoms with Crippen molar-refractivity contribution in [1.82, 2.24) is 0 Å². The maximum absolute atomic E-state index is 11.4. The van der Waals surface area contributed by atoms with Gasteiger partial charge in [0.05, 0.1) is 0 Å². The van der Waals surface area contributed by atoms with Gasteiger partial charge in [0, 0.05) is 11.6 Å². The zero-order valence-corrected chi connectivity index (χ0v) is 8.72. The summed E-state index contributed by atoms with van der Waals surface area (Å²) in [5.74, 6) is 0. The van der Waals surface area contributed by atoms with Crippen LogP contribution in [0, 0.1) is 0 Å². The van der Waals surface area contributed by atoms with Crippen LogP contribution in [0.25, 0.3) is 0 Å². The van der Waals surface area contributed by atoms with Crippen LogP contribution in [0.3, 0.4) is 0 Å². The molecule has 0 bridgehead atoms. The van der Waals surface area contributed by atoms with Crippen LogP contribution in [0.15, 0.2) is 41.8 Å². The lowest BCUT2D eigenvalue weighted by Crippen LogP contribution is -1.89. The van der Waals surface area contributed by atoms with E-state index in [1.54, 1.807) is 24.3 Å². The molecule has 0 heterocycles. The van der Waals surface area contributed by atoms with E-state index >= 15 is 0 Å². The van der Waals surface area contributed by atoms with Crippen molar-refractivity contribution >= 4 is 33.7 Å². The summed E-state index contributed by atoms with van der Waals surface area (Å²) < 4.78 is 0. The van der Waals surface area contributed by atoms with Crippen LogP contribution in [0.1, 0.15) is 10.4 Å². The molecule has 0 atom stereocenters. The van der Waals surface area contributed by atoms with E-state index in [4.69, 9.17) is 11.6 Å². The van der Waals surface area contributed by atoms with Crippen molar-refractivity contribution in [2.75, 3.05) is 0 Å². The molecule has 0 saturated carbocycles. The summed E-state index contributed by atoms with van der Waals surface area (Å²) in [5, 5.41) is 0.683. The molecule has 0 saturated heterocycles. The molecule has 72 valence electrons. The standard InChI is InChI=1S/C10H7ClO2S/c11-9(12)6-7-14-10(13)8-4-2-1-3-5-8/h1-7H/b7-6+. The van der Waals surface area contributed by atoms with Gasteiger partial charge in [-0.25, -0.2) is 0 Å². The third kappa shape index (κ3) is 3.77. The van der Waals surface area contributed by atoms with Crippen LogP contribution in [0.4, 0.5) is 0 Å². The highest BCUT2D eigenvalue weighted by molar-refractivity contribution is 8.16. The number of hydrogen-bond donors (Lipinski definition) is 0. The van der Waals surface area contributed by atoms with E-state index in [9.17, 15) is 9.59 Å². The van der Waals surface area contributed by atoms with E-state index in [0.717, 1.165) is 17.8 Å². The van der Waals surface area contributed by atoms with Crippen molar-refractivity contribution < 1.29 is 9.59 Å². The predicted octanol–water partition coefficient (Wildman–Crippen LogP) is 2.84. The lowest BCUT2D eigenvalue weighted by Gasteiger charge is -1.94. The van der Waals surface area contributed by atoms with Gasteiger partial charge in [0.25, 0.3) is 0 Å². The fourth-order valence-corrected chi connectivity index (χ4v) is 1.52. The van der Waals surface area contributed by atoms with E-state index in [0.29, 0.717) is 5.56 Å². The predicted molar refractivity (Wildman–Crippen MR) is 58.4 cm³/mol. The quantitative estimate of drug-likeness (QED) is 0.587. The second-order valence-electron chi connectivity index (χ2n) is 2.38. The lowest BCUT2D eigenvalue weighted by molar-refractivity contribution is -0.107. The molecule has 0 fully saturated rings. The van der Waals surface area contributed by atoms with E-state index in [1.807, 2.05) is 6.07 Å². The minimum atomic E-state index is -0.585. The Labute approximate surface area is 91.0 Å². The second kappa shape index (κ2) is 5.62. The molecule has 4 heteroatoms. The first-order valence-corrected chi connectivity index (χ1v) is 5.08. The molecule has 0 aliphatic rings. The molecule has 1 rings (SSSR count). The van der Waals surface area contributed by atoms with E-state index in [-0.39, 0.29) is 5.12 Å². The number of rotatable bonds is 3. The third-order valence-electron chi connectivity index (χ3n) is 1.38. The topological polar surface area (TPSA) is 34.1 Å². The zero-order valence-electron chi connectivity index (χ0n) is 7.14. The van der Waals surface area contributed by atoms with Gasteiger partial charge in [0.1, 0.15) is 0 Å². The molecule has 2 nitrogen and oxygen atoms in total. The molecule has 0 aliphatic heterocycles. The third-order valence-corrected chi connectivity index (χ3v) is 2.23. The Kier molecular flexibility index (Phi) is 4.43. The largest absolute Gasteiger partial charge is 0.281 e. The van der Waals surface area contributed by atoms with Gasteiger partial charge in [-0.3, -0.25) is 9.59 Å². The minimum Gasteiger partial charge on any atom is -0.281 e. The molecule has 14 heavy (non-hydrogen) atoms. The summed E-state index contributed by atoms with van der Waals surface area (Å²) in [6, 6.07) is 8.82. The first-order chi connectivity index (χ1) is 6.70. The van der Waals surface area contributed by atoms with Crippen molar-refractivity contribution in [2.45, 2.75) is 0 Å². The Bertz CT molecular complexity index is 360. The van der Waals surface area contributed by atoms with Gasteiger partial charge < -0.3 is 0 Å². The number of hydrogen-bond acceptors (Lipinski definition) is 3. The molecule has 0 radical (unpaired) electrons. The van der Waals surface area contributed by atoms with E-state index in [1.165, 1.54) is 5.41 Å². The van der Waals surface area contributed by atoms with Gasteiger partial charge in [-0.1, -0.05) is 42.1 Å². The first kappa shape index (κ1) is 11.0. The zero-order chi connectivity index (χ0) is 10.4. The van der Waals surface area contributed by atoms with Crippen molar-refractivity contribution in [3.8, 4) is 0 Å². The summed E-state index contributed by atoms with van der Waals surface area (Å²) >= 11 is 5.99. The Morgan fingerprint density at radius 1 is 1.21 bits per heavy atom. The highest BCUT2D eigenvalue weighted by Crippen LogP contribution is 2.12. The van der Waals surface area contributed by atoms with Gasteiger partial charge in [0.2, 0.25) is 10.4 Å².